The molecule has 0 fully saturated rings. The monoisotopic (exact) mass is 292 g/mol. The van der Waals surface area contributed by atoms with E-state index in [1.807, 2.05) is 13.8 Å². The Labute approximate surface area is 120 Å². The standard InChI is InChI=1S/C16H20O3S/c1-12-9-10-16(14(3)17,11-13(12)2)20(18,19)15-7-5-4-6-8-15/h4-8H,9-11H2,1-3H3. The van der Waals surface area contributed by atoms with Crippen LogP contribution < -0.4 is 0 Å². The van der Waals surface area contributed by atoms with Crippen molar-refractivity contribution in [2.45, 2.75) is 49.7 Å². The summed E-state index contributed by atoms with van der Waals surface area (Å²) in [7, 11) is -3.66. The van der Waals surface area contributed by atoms with Gasteiger partial charge in [0.15, 0.2) is 15.6 Å². The number of hydrogen-bond donors (Lipinski definition) is 0. The van der Waals surface area contributed by atoms with E-state index in [0.717, 1.165) is 5.57 Å². The third-order valence-electron chi connectivity index (χ3n) is 4.39. The molecular weight excluding hydrogens is 272 g/mol. The van der Waals surface area contributed by atoms with Crippen molar-refractivity contribution < 1.29 is 13.2 Å². The van der Waals surface area contributed by atoms with Gasteiger partial charge in [-0.25, -0.2) is 8.42 Å². The van der Waals surface area contributed by atoms with E-state index in [1.165, 1.54) is 12.5 Å². The van der Waals surface area contributed by atoms with Crippen molar-refractivity contribution in [3.63, 3.8) is 0 Å². The Morgan fingerprint density at radius 1 is 1.10 bits per heavy atom. The van der Waals surface area contributed by atoms with Crippen LogP contribution in [0.25, 0.3) is 0 Å². The Balaban J connectivity index is 2.59. The highest BCUT2D eigenvalue weighted by molar-refractivity contribution is 7.93. The smallest absolute Gasteiger partial charge is 0.191 e. The molecule has 1 aromatic rings. The maximum absolute atomic E-state index is 13.0. The van der Waals surface area contributed by atoms with Crippen LogP contribution in [0.5, 0.6) is 0 Å². The molecule has 1 atom stereocenters. The lowest BCUT2D eigenvalue weighted by atomic mass is 9.82. The van der Waals surface area contributed by atoms with E-state index in [4.69, 9.17) is 0 Å². The number of rotatable bonds is 3. The number of carbonyl (C=O) groups is 1. The molecule has 0 spiro atoms. The van der Waals surface area contributed by atoms with E-state index in [9.17, 15) is 13.2 Å². The van der Waals surface area contributed by atoms with Crippen molar-refractivity contribution in [1.29, 1.82) is 0 Å². The first-order valence-corrected chi connectivity index (χ1v) is 8.25. The van der Waals surface area contributed by atoms with Crippen LogP contribution in [0.15, 0.2) is 46.4 Å². The number of hydrogen-bond acceptors (Lipinski definition) is 3. The molecule has 0 saturated carbocycles. The lowest BCUT2D eigenvalue weighted by Gasteiger charge is -2.35. The van der Waals surface area contributed by atoms with Gasteiger partial charge in [-0.3, -0.25) is 4.79 Å². The minimum atomic E-state index is -3.66. The molecule has 0 heterocycles. The summed E-state index contributed by atoms with van der Waals surface area (Å²) in [5.41, 5.74) is 2.22. The molecule has 3 nitrogen and oxygen atoms in total. The number of ketones is 1. The Hall–Kier alpha value is -1.42. The second-order valence-electron chi connectivity index (χ2n) is 5.60. The molecule has 1 aliphatic rings. The van der Waals surface area contributed by atoms with E-state index in [1.54, 1.807) is 30.3 Å². The minimum absolute atomic E-state index is 0.238. The lowest BCUT2D eigenvalue weighted by molar-refractivity contribution is -0.119. The van der Waals surface area contributed by atoms with E-state index in [-0.39, 0.29) is 10.7 Å². The normalized spacial score (nSPS) is 23.8. The molecule has 0 aliphatic heterocycles. The van der Waals surface area contributed by atoms with Crippen molar-refractivity contribution in [3.05, 3.63) is 41.5 Å². The number of benzene rings is 1. The number of allylic oxidation sites excluding steroid dienone is 2. The maximum atomic E-state index is 13.0. The highest BCUT2D eigenvalue weighted by Crippen LogP contribution is 2.41. The van der Waals surface area contributed by atoms with E-state index >= 15 is 0 Å². The summed E-state index contributed by atoms with van der Waals surface area (Å²) in [6.07, 6.45) is 1.35. The maximum Gasteiger partial charge on any atom is 0.191 e. The largest absolute Gasteiger partial charge is 0.298 e. The molecule has 2 rings (SSSR count). The fourth-order valence-electron chi connectivity index (χ4n) is 2.81. The number of carbonyl (C=O) groups excluding carboxylic acids is 1. The van der Waals surface area contributed by atoms with Crippen molar-refractivity contribution in [2.75, 3.05) is 0 Å². The molecule has 1 unspecified atom stereocenters. The molecule has 0 saturated heterocycles. The highest BCUT2D eigenvalue weighted by atomic mass is 32.2. The average molecular weight is 292 g/mol. The molecular formula is C16H20O3S. The van der Waals surface area contributed by atoms with Crippen LogP contribution in [-0.2, 0) is 14.6 Å². The summed E-state index contributed by atoms with van der Waals surface area (Å²) in [5, 5.41) is 0. The third-order valence-corrected chi connectivity index (χ3v) is 6.95. The van der Waals surface area contributed by atoms with Crippen molar-refractivity contribution in [1.82, 2.24) is 0 Å². The summed E-state index contributed by atoms with van der Waals surface area (Å²) in [6, 6.07) is 8.30. The first-order valence-electron chi connectivity index (χ1n) is 6.77. The van der Waals surface area contributed by atoms with Crippen molar-refractivity contribution in [2.24, 2.45) is 0 Å². The molecule has 0 bridgehead atoms. The highest BCUT2D eigenvalue weighted by Gasteiger charge is 2.50. The SMILES string of the molecule is CC(=O)C1(S(=O)(=O)c2ccccc2)CCC(C)=C(C)C1. The van der Waals surface area contributed by atoms with Gasteiger partial charge in [-0.2, -0.15) is 0 Å². The molecule has 4 heteroatoms. The van der Waals surface area contributed by atoms with Gasteiger partial charge in [0.2, 0.25) is 0 Å². The van der Waals surface area contributed by atoms with Gasteiger partial charge in [0, 0.05) is 0 Å². The van der Waals surface area contributed by atoms with Gasteiger partial charge in [0.05, 0.1) is 4.90 Å². The first-order chi connectivity index (χ1) is 9.31. The molecule has 1 aliphatic carbocycles. The summed E-state index contributed by atoms with van der Waals surface area (Å²) in [5.74, 6) is -0.256. The zero-order valence-corrected chi connectivity index (χ0v) is 13.0. The second-order valence-corrected chi connectivity index (χ2v) is 7.86. The van der Waals surface area contributed by atoms with Crippen molar-refractivity contribution >= 4 is 15.6 Å². The van der Waals surface area contributed by atoms with Gasteiger partial charge in [-0.1, -0.05) is 29.3 Å². The van der Waals surface area contributed by atoms with E-state index in [2.05, 4.69) is 0 Å². The Morgan fingerprint density at radius 3 is 2.20 bits per heavy atom. The Bertz CT molecular complexity index is 656. The quantitative estimate of drug-likeness (QED) is 0.803. The Kier molecular flexibility index (Phi) is 3.87. The van der Waals surface area contributed by atoms with Crippen LogP contribution in [0.2, 0.25) is 0 Å². The topological polar surface area (TPSA) is 51.2 Å². The van der Waals surface area contributed by atoms with Crippen molar-refractivity contribution in [3.8, 4) is 0 Å². The van der Waals surface area contributed by atoms with Crippen LogP contribution >= 0.6 is 0 Å². The summed E-state index contributed by atoms with van der Waals surface area (Å²) < 4.78 is 24.6. The van der Waals surface area contributed by atoms with Gasteiger partial charge in [-0.05, 0) is 52.2 Å². The summed E-state index contributed by atoms with van der Waals surface area (Å²) >= 11 is 0. The molecule has 108 valence electrons. The zero-order valence-electron chi connectivity index (χ0n) is 12.1. The van der Waals surface area contributed by atoms with Gasteiger partial charge >= 0.3 is 0 Å². The van der Waals surface area contributed by atoms with Gasteiger partial charge in [0.1, 0.15) is 4.75 Å². The molecule has 20 heavy (non-hydrogen) atoms. The summed E-state index contributed by atoms with van der Waals surface area (Å²) in [6.45, 7) is 5.33. The molecule has 0 aromatic heterocycles. The van der Waals surface area contributed by atoms with E-state index < -0.39 is 14.6 Å². The number of sulfone groups is 1. The van der Waals surface area contributed by atoms with Crippen LogP contribution in [0.4, 0.5) is 0 Å². The predicted octanol–water partition coefficient (Wildman–Crippen LogP) is 3.31. The fraction of sp³-hybridized carbons (Fsp3) is 0.438. The molecule has 0 N–H and O–H groups in total. The summed E-state index contributed by atoms with van der Waals surface area (Å²) in [4.78, 5) is 12.4. The van der Waals surface area contributed by atoms with Crippen LogP contribution in [-0.4, -0.2) is 18.9 Å². The van der Waals surface area contributed by atoms with Gasteiger partial charge in [-0.15, -0.1) is 0 Å². The zero-order chi connectivity index (χ0) is 15.0. The molecule has 0 radical (unpaired) electrons. The van der Waals surface area contributed by atoms with E-state index in [0.29, 0.717) is 19.3 Å². The third kappa shape index (κ3) is 2.22. The molecule has 1 aromatic carbocycles. The van der Waals surface area contributed by atoms with Gasteiger partial charge < -0.3 is 0 Å². The number of Topliss-reactive ketones (excluding diaryl/α,β-unsaturated/α-hetero) is 1. The van der Waals surface area contributed by atoms with Crippen LogP contribution in [0.3, 0.4) is 0 Å². The predicted molar refractivity (Wildman–Crippen MR) is 79.3 cm³/mol. The van der Waals surface area contributed by atoms with Crippen LogP contribution in [0.1, 0.15) is 40.0 Å². The Morgan fingerprint density at radius 2 is 1.70 bits per heavy atom. The average Bonchev–Trinajstić information content (AvgIpc) is 2.42. The lowest BCUT2D eigenvalue weighted by Crippen LogP contribution is -2.47. The minimum Gasteiger partial charge on any atom is -0.298 e. The van der Waals surface area contributed by atoms with Crippen LogP contribution in [0, 0.1) is 0 Å². The van der Waals surface area contributed by atoms with Gasteiger partial charge in [0.25, 0.3) is 0 Å². The first kappa shape index (κ1) is 15.0. The molecule has 0 amide bonds. The second kappa shape index (κ2) is 5.17. The fourth-order valence-corrected chi connectivity index (χ4v) is 4.94.